The minimum Gasteiger partial charge on any atom is -0.460 e. The Morgan fingerprint density at radius 1 is 1.42 bits per heavy atom. The molecule has 0 saturated heterocycles. The number of aromatic nitrogens is 3. The van der Waals surface area contributed by atoms with Crippen LogP contribution in [0.5, 0.6) is 6.01 Å². The fourth-order valence-electron chi connectivity index (χ4n) is 1.05. The van der Waals surface area contributed by atoms with Crippen LogP contribution in [-0.2, 0) is 0 Å². The van der Waals surface area contributed by atoms with Crippen molar-refractivity contribution in [2.45, 2.75) is 32.3 Å². The van der Waals surface area contributed by atoms with E-state index in [1.54, 1.807) is 0 Å². The van der Waals surface area contributed by atoms with Crippen molar-refractivity contribution in [1.29, 1.82) is 0 Å². The molecule has 0 aliphatic heterocycles. The van der Waals surface area contributed by atoms with Crippen LogP contribution in [0.2, 0.25) is 0 Å². The van der Waals surface area contributed by atoms with Crippen LogP contribution in [0, 0.1) is 6.92 Å². The van der Waals surface area contributed by atoms with Gasteiger partial charge in [-0.2, -0.15) is 9.97 Å². The summed E-state index contributed by atoms with van der Waals surface area (Å²) in [7, 11) is 0. The second-order valence-corrected chi connectivity index (χ2v) is 2.99. The molecule has 1 aromatic rings. The molecule has 0 amide bonds. The van der Waals surface area contributed by atoms with Crippen LogP contribution >= 0.6 is 0 Å². The van der Waals surface area contributed by atoms with Gasteiger partial charge in [0.15, 0.2) is 0 Å². The third-order valence-corrected chi connectivity index (χ3v) is 1.99. The van der Waals surface area contributed by atoms with Crippen molar-refractivity contribution in [1.82, 2.24) is 15.0 Å². The summed E-state index contributed by atoms with van der Waals surface area (Å²) < 4.78 is 5.47. The molecule has 0 N–H and O–H groups in total. The quantitative estimate of drug-likeness (QED) is 0.658. The predicted molar refractivity (Wildman–Crippen MR) is 42.8 cm³/mol. The average molecular weight is 165 g/mol. The van der Waals surface area contributed by atoms with E-state index in [-0.39, 0.29) is 0 Å². The molecule has 12 heavy (non-hydrogen) atoms. The molecular formula is C8H11N3O. The van der Waals surface area contributed by atoms with Crippen LogP contribution in [-0.4, -0.2) is 21.1 Å². The van der Waals surface area contributed by atoms with Gasteiger partial charge >= 0.3 is 6.01 Å². The molecule has 1 saturated carbocycles. The lowest BCUT2D eigenvalue weighted by Gasteiger charge is -2.24. The Morgan fingerprint density at radius 2 is 2.25 bits per heavy atom. The van der Waals surface area contributed by atoms with E-state index in [9.17, 15) is 0 Å². The highest BCUT2D eigenvalue weighted by Gasteiger charge is 2.19. The highest BCUT2D eigenvalue weighted by Crippen LogP contribution is 2.22. The van der Waals surface area contributed by atoms with Crippen LogP contribution in [0.1, 0.15) is 25.1 Å². The van der Waals surface area contributed by atoms with Crippen LogP contribution < -0.4 is 4.74 Å². The van der Waals surface area contributed by atoms with E-state index in [2.05, 4.69) is 15.0 Å². The number of rotatable bonds is 2. The first-order valence-electron chi connectivity index (χ1n) is 4.17. The fourth-order valence-corrected chi connectivity index (χ4v) is 1.05. The third-order valence-electron chi connectivity index (χ3n) is 1.99. The lowest BCUT2D eigenvalue weighted by molar-refractivity contribution is 0.108. The van der Waals surface area contributed by atoms with Crippen molar-refractivity contribution in [2.75, 3.05) is 0 Å². The molecule has 1 aliphatic carbocycles. The van der Waals surface area contributed by atoms with Crippen LogP contribution in [0.4, 0.5) is 0 Å². The Balaban J connectivity index is 2.02. The number of ether oxygens (including phenoxy) is 1. The number of aryl methyl sites for hydroxylation is 1. The smallest absolute Gasteiger partial charge is 0.319 e. The zero-order chi connectivity index (χ0) is 8.39. The standard InChI is InChI=1S/C8H11N3O/c1-6-9-5-10-8(11-6)12-7-3-2-4-7/h5,7H,2-4H2,1H3. The average Bonchev–Trinajstić information content (AvgIpc) is 1.97. The minimum atomic E-state index is 0.340. The van der Waals surface area contributed by atoms with E-state index in [1.165, 1.54) is 12.7 Å². The molecule has 2 rings (SSSR count). The third kappa shape index (κ3) is 1.52. The summed E-state index contributed by atoms with van der Waals surface area (Å²) in [6, 6.07) is 0.465. The molecule has 64 valence electrons. The topological polar surface area (TPSA) is 47.9 Å². The summed E-state index contributed by atoms with van der Waals surface area (Å²) >= 11 is 0. The number of hydrogen-bond acceptors (Lipinski definition) is 4. The van der Waals surface area contributed by atoms with Gasteiger partial charge in [0.05, 0.1) is 0 Å². The normalized spacial score (nSPS) is 17.1. The molecule has 4 nitrogen and oxygen atoms in total. The van der Waals surface area contributed by atoms with Gasteiger partial charge in [-0.05, 0) is 26.2 Å². The van der Waals surface area contributed by atoms with E-state index >= 15 is 0 Å². The van der Waals surface area contributed by atoms with Crippen LogP contribution in [0.15, 0.2) is 6.33 Å². The Hall–Kier alpha value is -1.19. The lowest BCUT2D eigenvalue weighted by atomic mass is 9.96. The number of hydrogen-bond donors (Lipinski definition) is 0. The van der Waals surface area contributed by atoms with Gasteiger partial charge in [-0.3, -0.25) is 0 Å². The first kappa shape index (κ1) is 7.46. The van der Waals surface area contributed by atoms with Gasteiger partial charge in [-0.15, -0.1) is 0 Å². The molecule has 1 fully saturated rings. The van der Waals surface area contributed by atoms with Gasteiger partial charge in [-0.1, -0.05) is 0 Å². The Labute approximate surface area is 71.0 Å². The highest BCUT2D eigenvalue weighted by molar-refractivity contribution is 4.95. The summed E-state index contributed by atoms with van der Waals surface area (Å²) in [4.78, 5) is 11.9. The van der Waals surface area contributed by atoms with Crippen molar-refractivity contribution in [2.24, 2.45) is 0 Å². The summed E-state index contributed by atoms with van der Waals surface area (Å²) in [6.07, 6.45) is 5.34. The fraction of sp³-hybridized carbons (Fsp3) is 0.625. The predicted octanol–water partition coefficient (Wildman–Crippen LogP) is 1.11. The summed E-state index contributed by atoms with van der Waals surface area (Å²) in [5.74, 6) is 0.708. The van der Waals surface area contributed by atoms with Crippen molar-refractivity contribution in [3.8, 4) is 6.01 Å². The maximum Gasteiger partial charge on any atom is 0.319 e. The maximum absolute atomic E-state index is 5.47. The number of nitrogens with zero attached hydrogens (tertiary/aromatic N) is 3. The van der Waals surface area contributed by atoms with Gasteiger partial charge in [0.25, 0.3) is 0 Å². The van der Waals surface area contributed by atoms with Crippen LogP contribution in [0.3, 0.4) is 0 Å². The van der Waals surface area contributed by atoms with Gasteiger partial charge < -0.3 is 4.74 Å². The first-order valence-corrected chi connectivity index (χ1v) is 4.17. The Bertz CT molecular complexity index is 273. The van der Waals surface area contributed by atoms with Gasteiger partial charge in [0.1, 0.15) is 18.3 Å². The van der Waals surface area contributed by atoms with Crippen molar-refractivity contribution in [3.05, 3.63) is 12.2 Å². The first-order chi connectivity index (χ1) is 5.84. The van der Waals surface area contributed by atoms with E-state index in [1.807, 2.05) is 6.92 Å². The van der Waals surface area contributed by atoms with E-state index < -0.39 is 0 Å². The largest absolute Gasteiger partial charge is 0.460 e. The van der Waals surface area contributed by atoms with E-state index in [0.29, 0.717) is 17.9 Å². The lowest BCUT2D eigenvalue weighted by Crippen LogP contribution is -2.25. The molecule has 1 heterocycles. The molecule has 0 radical (unpaired) electrons. The molecule has 1 aliphatic rings. The molecule has 0 unspecified atom stereocenters. The summed E-state index contributed by atoms with van der Waals surface area (Å²) in [5, 5.41) is 0. The Kier molecular flexibility index (Phi) is 1.89. The molecule has 0 bridgehead atoms. The van der Waals surface area contributed by atoms with E-state index in [0.717, 1.165) is 12.8 Å². The highest BCUT2D eigenvalue weighted by atomic mass is 16.5. The molecule has 0 atom stereocenters. The summed E-state index contributed by atoms with van der Waals surface area (Å²) in [5.41, 5.74) is 0. The Morgan fingerprint density at radius 3 is 2.83 bits per heavy atom. The van der Waals surface area contributed by atoms with Crippen LogP contribution in [0.25, 0.3) is 0 Å². The molecule has 4 heteroatoms. The minimum absolute atomic E-state index is 0.340. The molecule has 1 aromatic heterocycles. The zero-order valence-electron chi connectivity index (χ0n) is 7.03. The second-order valence-electron chi connectivity index (χ2n) is 2.99. The summed E-state index contributed by atoms with van der Waals surface area (Å²) in [6.45, 7) is 1.83. The molecular weight excluding hydrogens is 154 g/mol. The van der Waals surface area contributed by atoms with Gasteiger partial charge in [-0.25, -0.2) is 4.98 Å². The molecule has 0 spiro atoms. The zero-order valence-corrected chi connectivity index (χ0v) is 7.03. The van der Waals surface area contributed by atoms with E-state index in [4.69, 9.17) is 4.74 Å². The van der Waals surface area contributed by atoms with Gasteiger partial charge in [0.2, 0.25) is 0 Å². The van der Waals surface area contributed by atoms with Gasteiger partial charge in [0, 0.05) is 0 Å². The maximum atomic E-state index is 5.47. The van der Waals surface area contributed by atoms with Crippen molar-refractivity contribution < 1.29 is 4.74 Å². The SMILES string of the molecule is Cc1ncnc(OC2CCC2)n1. The van der Waals surface area contributed by atoms with Crippen molar-refractivity contribution >= 4 is 0 Å². The van der Waals surface area contributed by atoms with Crippen molar-refractivity contribution in [3.63, 3.8) is 0 Å². The second kappa shape index (κ2) is 3.05. The monoisotopic (exact) mass is 165 g/mol. The molecule has 0 aromatic carbocycles.